The first-order valence-electron chi connectivity index (χ1n) is 10.9. The molecule has 1 aromatic heterocycles. The lowest BCUT2D eigenvalue weighted by atomic mass is 9.92. The molecule has 2 N–H and O–H groups in total. The van der Waals surface area contributed by atoms with Crippen LogP contribution in [0.5, 0.6) is 0 Å². The molecule has 172 valence electrons. The average molecular weight is 476 g/mol. The summed E-state index contributed by atoms with van der Waals surface area (Å²) >= 11 is 5.89. The SMILES string of the molecule is O=S(=O)(NCC(CCCCn1ccnc1)c1ccc(CCCO)cc1)c1ccc(Cl)cc1. The second kappa shape index (κ2) is 12.2. The second-order valence-corrected chi connectivity index (χ2v) is 10.1. The zero-order valence-electron chi connectivity index (χ0n) is 18.0. The molecule has 1 unspecified atom stereocenters. The van der Waals surface area contributed by atoms with Crippen LogP contribution in [0.4, 0.5) is 0 Å². The molecule has 1 heterocycles. The highest BCUT2D eigenvalue weighted by Gasteiger charge is 2.18. The van der Waals surface area contributed by atoms with Crippen molar-refractivity contribution in [3.63, 3.8) is 0 Å². The molecule has 3 rings (SSSR count). The predicted octanol–water partition coefficient (Wildman–Crippen LogP) is 4.39. The first-order valence-corrected chi connectivity index (χ1v) is 12.7. The number of aliphatic hydroxyl groups excluding tert-OH is 1. The van der Waals surface area contributed by atoms with Crippen molar-refractivity contribution in [1.29, 1.82) is 0 Å². The number of nitrogens with one attached hydrogen (secondary N) is 1. The molecule has 1 atom stereocenters. The molecular weight excluding hydrogens is 446 g/mol. The van der Waals surface area contributed by atoms with Gasteiger partial charge < -0.3 is 9.67 Å². The molecule has 0 saturated carbocycles. The van der Waals surface area contributed by atoms with E-state index in [2.05, 4.69) is 34.0 Å². The van der Waals surface area contributed by atoms with E-state index in [4.69, 9.17) is 16.7 Å². The highest BCUT2D eigenvalue weighted by atomic mass is 35.5. The molecule has 0 radical (unpaired) electrons. The van der Waals surface area contributed by atoms with E-state index in [1.54, 1.807) is 18.3 Å². The van der Waals surface area contributed by atoms with E-state index in [0.29, 0.717) is 11.6 Å². The largest absolute Gasteiger partial charge is 0.396 e. The van der Waals surface area contributed by atoms with E-state index in [9.17, 15) is 8.42 Å². The third kappa shape index (κ3) is 7.45. The summed E-state index contributed by atoms with van der Waals surface area (Å²) < 4.78 is 30.3. The van der Waals surface area contributed by atoms with Crippen molar-refractivity contribution in [1.82, 2.24) is 14.3 Å². The van der Waals surface area contributed by atoms with Gasteiger partial charge in [0.25, 0.3) is 0 Å². The minimum Gasteiger partial charge on any atom is -0.396 e. The number of unbranched alkanes of at least 4 members (excludes halogenated alkanes) is 1. The number of hydrogen-bond acceptors (Lipinski definition) is 4. The third-order valence-corrected chi connectivity index (χ3v) is 7.19. The molecule has 0 aliphatic carbocycles. The molecule has 8 heteroatoms. The van der Waals surface area contributed by atoms with Crippen molar-refractivity contribution >= 4 is 21.6 Å². The van der Waals surface area contributed by atoms with Crippen LogP contribution in [0.2, 0.25) is 5.02 Å². The number of benzene rings is 2. The standard InChI is InChI=1S/C24H30ClN3O3S/c25-23-10-12-24(13-11-23)32(30,31)27-18-22(5-1-2-15-28-16-14-26-19-28)21-8-6-20(7-9-21)4-3-17-29/h6-14,16,19,22,27,29H,1-5,15,17-18H2. The van der Waals surface area contributed by atoms with Crippen molar-refractivity contribution in [3.8, 4) is 0 Å². The Morgan fingerprint density at radius 1 is 1.03 bits per heavy atom. The van der Waals surface area contributed by atoms with Crippen LogP contribution in [-0.2, 0) is 23.0 Å². The van der Waals surface area contributed by atoms with Gasteiger partial charge in [-0.05, 0) is 67.0 Å². The molecule has 0 aliphatic rings. The lowest BCUT2D eigenvalue weighted by molar-refractivity contribution is 0.288. The van der Waals surface area contributed by atoms with Gasteiger partial charge in [0.15, 0.2) is 0 Å². The molecule has 0 amide bonds. The van der Waals surface area contributed by atoms with Crippen molar-refractivity contribution in [2.75, 3.05) is 13.2 Å². The monoisotopic (exact) mass is 475 g/mol. The number of aryl methyl sites for hydroxylation is 2. The molecule has 2 aromatic carbocycles. The normalized spacial score (nSPS) is 12.7. The maximum atomic E-state index is 12.7. The molecule has 0 fully saturated rings. The molecule has 0 spiro atoms. The van der Waals surface area contributed by atoms with Gasteiger partial charge in [0, 0.05) is 37.1 Å². The predicted molar refractivity (Wildman–Crippen MR) is 127 cm³/mol. The smallest absolute Gasteiger partial charge is 0.240 e. The van der Waals surface area contributed by atoms with Crippen LogP contribution < -0.4 is 4.72 Å². The second-order valence-electron chi connectivity index (χ2n) is 7.87. The number of halogens is 1. The first-order chi connectivity index (χ1) is 15.5. The fraction of sp³-hybridized carbons (Fsp3) is 0.375. The van der Waals surface area contributed by atoms with E-state index in [-0.39, 0.29) is 17.4 Å². The van der Waals surface area contributed by atoms with Gasteiger partial charge in [0.2, 0.25) is 10.0 Å². The highest BCUT2D eigenvalue weighted by molar-refractivity contribution is 7.89. The van der Waals surface area contributed by atoms with Gasteiger partial charge in [-0.25, -0.2) is 18.1 Å². The minimum absolute atomic E-state index is 0.0618. The lowest BCUT2D eigenvalue weighted by Crippen LogP contribution is -2.28. The van der Waals surface area contributed by atoms with Gasteiger partial charge in [-0.2, -0.15) is 0 Å². The van der Waals surface area contributed by atoms with Crippen LogP contribution in [0, 0.1) is 0 Å². The molecule has 32 heavy (non-hydrogen) atoms. The van der Waals surface area contributed by atoms with Crippen LogP contribution in [0.15, 0.2) is 72.1 Å². The topological polar surface area (TPSA) is 84.2 Å². The van der Waals surface area contributed by atoms with Gasteiger partial charge in [0.05, 0.1) is 11.2 Å². The Balaban J connectivity index is 1.65. The molecule has 3 aromatic rings. The zero-order chi connectivity index (χ0) is 22.8. The number of hydrogen-bond donors (Lipinski definition) is 2. The first kappa shape index (κ1) is 24.5. The van der Waals surface area contributed by atoms with E-state index < -0.39 is 10.0 Å². The zero-order valence-corrected chi connectivity index (χ0v) is 19.6. The van der Waals surface area contributed by atoms with Crippen LogP contribution in [0.1, 0.15) is 42.7 Å². The Morgan fingerprint density at radius 3 is 2.44 bits per heavy atom. The van der Waals surface area contributed by atoms with Crippen LogP contribution in [0.25, 0.3) is 0 Å². The summed E-state index contributed by atoms with van der Waals surface area (Å²) in [5.74, 6) is 0.0618. The van der Waals surface area contributed by atoms with Gasteiger partial charge in [0.1, 0.15) is 0 Å². The Morgan fingerprint density at radius 2 is 1.78 bits per heavy atom. The van der Waals surface area contributed by atoms with Gasteiger partial charge in [-0.15, -0.1) is 0 Å². The van der Waals surface area contributed by atoms with Crippen molar-refractivity contribution in [3.05, 3.63) is 83.4 Å². The molecule has 0 aliphatic heterocycles. The van der Waals surface area contributed by atoms with Crippen LogP contribution >= 0.6 is 11.6 Å². The summed E-state index contributed by atoms with van der Waals surface area (Å²) in [7, 11) is -3.62. The number of aliphatic hydroxyl groups is 1. The quantitative estimate of drug-likeness (QED) is 0.359. The Bertz CT molecular complexity index is 1040. The number of rotatable bonds is 13. The fourth-order valence-corrected chi connectivity index (χ4v) is 4.85. The Kier molecular flexibility index (Phi) is 9.29. The third-order valence-electron chi connectivity index (χ3n) is 5.50. The number of sulfonamides is 1. The Labute approximate surface area is 195 Å². The maximum absolute atomic E-state index is 12.7. The molecule has 6 nitrogen and oxygen atoms in total. The van der Waals surface area contributed by atoms with Gasteiger partial charge in [-0.1, -0.05) is 42.3 Å². The maximum Gasteiger partial charge on any atom is 0.240 e. The summed E-state index contributed by atoms with van der Waals surface area (Å²) in [6.07, 6.45) is 9.92. The fourth-order valence-electron chi connectivity index (χ4n) is 3.64. The Hall–Kier alpha value is -2.19. The van der Waals surface area contributed by atoms with Gasteiger partial charge >= 0.3 is 0 Å². The minimum atomic E-state index is -3.62. The van der Waals surface area contributed by atoms with Crippen molar-refractivity contribution in [2.24, 2.45) is 0 Å². The van der Waals surface area contributed by atoms with Crippen molar-refractivity contribution in [2.45, 2.75) is 49.5 Å². The van der Waals surface area contributed by atoms with E-state index in [1.807, 2.05) is 17.1 Å². The molecule has 0 saturated heterocycles. The summed E-state index contributed by atoms with van der Waals surface area (Å²) in [6, 6.07) is 14.5. The number of aromatic nitrogens is 2. The van der Waals surface area contributed by atoms with E-state index >= 15 is 0 Å². The van der Waals surface area contributed by atoms with Gasteiger partial charge in [-0.3, -0.25) is 0 Å². The number of imidazole rings is 1. The summed E-state index contributed by atoms with van der Waals surface area (Å²) in [5, 5.41) is 9.54. The summed E-state index contributed by atoms with van der Waals surface area (Å²) in [4.78, 5) is 4.27. The van der Waals surface area contributed by atoms with E-state index in [0.717, 1.165) is 44.2 Å². The van der Waals surface area contributed by atoms with E-state index in [1.165, 1.54) is 17.7 Å². The lowest BCUT2D eigenvalue weighted by Gasteiger charge is -2.19. The molecule has 0 bridgehead atoms. The van der Waals surface area contributed by atoms with Crippen LogP contribution in [-0.4, -0.2) is 36.2 Å². The highest BCUT2D eigenvalue weighted by Crippen LogP contribution is 2.24. The summed E-state index contributed by atoms with van der Waals surface area (Å²) in [5.41, 5.74) is 2.28. The summed E-state index contributed by atoms with van der Waals surface area (Å²) in [6.45, 7) is 1.39. The number of nitrogens with zero attached hydrogens (tertiary/aromatic N) is 2. The van der Waals surface area contributed by atoms with Crippen LogP contribution in [0.3, 0.4) is 0 Å². The van der Waals surface area contributed by atoms with Crippen molar-refractivity contribution < 1.29 is 13.5 Å². The average Bonchev–Trinajstić information content (AvgIpc) is 3.31. The molecular formula is C24H30ClN3O3S.